The highest BCUT2D eigenvalue weighted by molar-refractivity contribution is 6.36. The monoisotopic (exact) mass is 277 g/mol. The molecule has 0 heterocycles. The van der Waals surface area contributed by atoms with Gasteiger partial charge in [0.05, 0.1) is 11.6 Å². The number of aliphatic hydroxyl groups excluding tert-OH is 1. The van der Waals surface area contributed by atoms with Crippen molar-refractivity contribution in [3.8, 4) is 5.75 Å². The second-order valence-electron chi connectivity index (χ2n) is 3.14. The van der Waals surface area contributed by atoms with E-state index in [1.54, 1.807) is 0 Å². The molecule has 1 unspecified atom stereocenters. The summed E-state index contributed by atoms with van der Waals surface area (Å²) in [6, 6.07) is 1.44. The summed E-state index contributed by atoms with van der Waals surface area (Å²) in [6.45, 7) is -0.638. The highest BCUT2D eigenvalue weighted by Gasteiger charge is 2.14. The van der Waals surface area contributed by atoms with Crippen molar-refractivity contribution in [1.29, 1.82) is 0 Å². The first kappa shape index (κ1) is 13.8. The Morgan fingerprint density at radius 1 is 1.47 bits per heavy atom. The van der Waals surface area contributed by atoms with E-state index >= 15 is 0 Å². The maximum atomic E-state index is 10.6. The Bertz CT molecular complexity index is 462. The first-order valence-corrected chi connectivity index (χ1v) is 5.26. The zero-order valence-corrected chi connectivity index (χ0v) is 9.98. The largest absolute Gasteiger partial charge is 0.506 e. The van der Waals surface area contributed by atoms with E-state index in [0.29, 0.717) is 0 Å². The molecule has 1 atom stereocenters. The molecule has 0 spiro atoms. The number of aromatic hydroxyl groups is 1. The van der Waals surface area contributed by atoms with Gasteiger partial charge in [-0.25, -0.2) is 4.79 Å². The molecule has 5 nitrogen and oxygen atoms in total. The van der Waals surface area contributed by atoms with Crippen LogP contribution in [0.1, 0.15) is 5.56 Å². The third kappa shape index (κ3) is 3.59. The normalized spacial score (nSPS) is 12.9. The van der Waals surface area contributed by atoms with Crippen molar-refractivity contribution in [2.24, 2.45) is 4.99 Å². The van der Waals surface area contributed by atoms with Gasteiger partial charge in [0.15, 0.2) is 6.04 Å². The molecule has 7 heteroatoms. The molecule has 0 aliphatic rings. The number of aliphatic hydroxyl groups is 1. The number of nitrogens with zero attached hydrogens (tertiary/aromatic N) is 1. The first-order chi connectivity index (χ1) is 7.95. The van der Waals surface area contributed by atoms with Crippen LogP contribution in [0.3, 0.4) is 0 Å². The van der Waals surface area contributed by atoms with E-state index < -0.39 is 18.6 Å². The highest BCUT2D eigenvalue weighted by atomic mass is 35.5. The SMILES string of the molecule is O=C(O)C(CO)N=Cc1cc(Cl)cc(Cl)c1O. The number of rotatable bonds is 4. The molecule has 1 rings (SSSR count). The van der Waals surface area contributed by atoms with E-state index in [1.165, 1.54) is 12.1 Å². The van der Waals surface area contributed by atoms with Gasteiger partial charge < -0.3 is 15.3 Å². The predicted octanol–water partition coefficient (Wildman–Crippen LogP) is 1.56. The number of halogens is 2. The average Bonchev–Trinajstić information content (AvgIpc) is 2.25. The van der Waals surface area contributed by atoms with Crippen LogP contribution in [0.5, 0.6) is 5.75 Å². The molecule has 0 saturated heterocycles. The van der Waals surface area contributed by atoms with Crippen LogP contribution in [0, 0.1) is 0 Å². The fraction of sp³-hybridized carbons (Fsp3) is 0.200. The van der Waals surface area contributed by atoms with Crippen LogP contribution in [-0.2, 0) is 4.79 Å². The lowest BCUT2D eigenvalue weighted by Gasteiger charge is -2.04. The second kappa shape index (κ2) is 5.86. The van der Waals surface area contributed by atoms with Crippen molar-refractivity contribution in [3.05, 3.63) is 27.7 Å². The Labute approximate surface area is 107 Å². The van der Waals surface area contributed by atoms with Gasteiger partial charge in [-0.05, 0) is 12.1 Å². The number of carbonyl (C=O) groups is 1. The van der Waals surface area contributed by atoms with E-state index in [2.05, 4.69) is 4.99 Å². The van der Waals surface area contributed by atoms with Crippen molar-refractivity contribution in [2.75, 3.05) is 6.61 Å². The van der Waals surface area contributed by atoms with Crippen LogP contribution < -0.4 is 0 Å². The molecule has 0 aliphatic carbocycles. The molecule has 92 valence electrons. The fourth-order valence-corrected chi connectivity index (χ4v) is 1.55. The molecular formula is C10H9Cl2NO4. The Morgan fingerprint density at radius 3 is 2.65 bits per heavy atom. The van der Waals surface area contributed by atoms with Crippen molar-refractivity contribution >= 4 is 35.4 Å². The lowest BCUT2D eigenvalue weighted by molar-refractivity contribution is -0.139. The van der Waals surface area contributed by atoms with Gasteiger partial charge in [-0.3, -0.25) is 4.99 Å². The second-order valence-corrected chi connectivity index (χ2v) is 3.98. The van der Waals surface area contributed by atoms with Crippen LogP contribution in [-0.4, -0.2) is 40.2 Å². The minimum absolute atomic E-state index is 0.0369. The van der Waals surface area contributed by atoms with Crippen molar-refractivity contribution in [3.63, 3.8) is 0 Å². The maximum absolute atomic E-state index is 10.6. The van der Waals surface area contributed by atoms with Crippen LogP contribution in [0.15, 0.2) is 17.1 Å². The van der Waals surface area contributed by atoms with E-state index in [1.807, 2.05) is 0 Å². The number of hydrogen-bond donors (Lipinski definition) is 3. The van der Waals surface area contributed by atoms with Crippen molar-refractivity contribution in [2.45, 2.75) is 6.04 Å². The highest BCUT2D eigenvalue weighted by Crippen LogP contribution is 2.30. The molecule has 0 bridgehead atoms. The van der Waals surface area contributed by atoms with Gasteiger partial charge in [0.2, 0.25) is 0 Å². The topological polar surface area (TPSA) is 90.1 Å². The average molecular weight is 278 g/mol. The number of carboxylic acids is 1. The molecule has 0 aliphatic heterocycles. The molecular weight excluding hydrogens is 269 g/mol. The lowest BCUT2D eigenvalue weighted by Crippen LogP contribution is -2.22. The van der Waals surface area contributed by atoms with Gasteiger partial charge in [0.1, 0.15) is 5.75 Å². The molecule has 1 aromatic carbocycles. The van der Waals surface area contributed by atoms with E-state index in [-0.39, 0.29) is 21.4 Å². The minimum atomic E-state index is -1.29. The van der Waals surface area contributed by atoms with Gasteiger partial charge in [-0.1, -0.05) is 23.2 Å². The van der Waals surface area contributed by atoms with E-state index in [4.69, 9.17) is 33.4 Å². The van der Waals surface area contributed by atoms with Crippen LogP contribution in [0.4, 0.5) is 0 Å². The summed E-state index contributed by atoms with van der Waals surface area (Å²) in [5.41, 5.74) is 0.183. The number of phenolic OH excluding ortho intramolecular Hbond substituents is 1. The third-order valence-electron chi connectivity index (χ3n) is 1.91. The molecule has 0 amide bonds. The number of phenols is 1. The number of aliphatic carboxylic acids is 1. The van der Waals surface area contributed by atoms with Gasteiger partial charge in [-0.2, -0.15) is 0 Å². The Balaban J connectivity index is 3.02. The summed E-state index contributed by atoms with van der Waals surface area (Å²) in [6.07, 6.45) is 1.10. The fourth-order valence-electron chi connectivity index (χ4n) is 1.04. The molecule has 3 N–H and O–H groups in total. The third-order valence-corrected chi connectivity index (χ3v) is 2.42. The Hall–Kier alpha value is -1.30. The van der Waals surface area contributed by atoms with Crippen LogP contribution >= 0.6 is 23.2 Å². The summed E-state index contributed by atoms with van der Waals surface area (Å²) < 4.78 is 0. The standard InChI is InChI=1S/C10H9Cl2NO4/c11-6-1-5(9(15)7(12)2-6)3-13-8(4-14)10(16)17/h1-3,8,14-15H,4H2,(H,16,17). The number of benzene rings is 1. The summed E-state index contributed by atoms with van der Waals surface area (Å²) in [7, 11) is 0. The van der Waals surface area contributed by atoms with E-state index in [0.717, 1.165) is 6.21 Å². The zero-order valence-electron chi connectivity index (χ0n) is 8.47. The minimum Gasteiger partial charge on any atom is -0.506 e. The summed E-state index contributed by atoms with van der Waals surface area (Å²) in [4.78, 5) is 14.2. The molecule has 17 heavy (non-hydrogen) atoms. The summed E-state index contributed by atoms with van der Waals surface area (Å²) in [5, 5.41) is 27.3. The molecule has 0 fully saturated rings. The maximum Gasteiger partial charge on any atom is 0.330 e. The number of carboxylic acid groups (broad SMARTS) is 1. The summed E-state index contributed by atoms with van der Waals surface area (Å²) in [5.74, 6) is -1.52. The molecule has 0 saturated carbocycles. The van der Waals surface area contributed by atoms with Crippen LogP contribution in [0.2, 0.25) is 10.0 Å². The first-order valence-electron chi connectivity index (χ1n) is 4.50. The predicted molar refractivity (Wildman–Crippen MR) is 64.2 cm³/mol. The zero-order chi connectivity index (χ0) is 13.0. The Morgan fingerprint density at radius 2 is 2.12 bits per heavy atom. The number of aliphatic imine (C=N–C) groups is 1. The van der Waals surface area contributed by atoms with Gasteiger partial charge >= 0.3 is 5.97 Å². The lowest BCUT2D eigenvalue weighted by atomic mass is 10.2. The van der Waals surface area contributed by atoms with Crippen LogP contribution in [0.25, 0.3) is 0 Å². The number of hydrogen-bond acceptors (Lipinski definition) is 4. The quantitative estimate of drug-likeness (QED) is 0.729. The smallest absolute Gasteiger partial charge is 0.330 e. The molecule has 0 aromatic heterocycles. The van der Waals surface area contributed by atoms with Gasteiger partial charge in [0, 0.05) is 16.8 Å². The summed E-state index contributed by atoms with van der Waals surface area (Å²) >= 11 is 11.4. The van der Waals surface area contributed by atoms with Crippen molar-refractivity contribution in [1.82, 2.24) is 0 Å². The van der Waals surface area contributed by atoms with Crippen molar-refractivity contribution < 1.29 is 20.1 Å². The van der Waals surface area contributed by atoms with E-state index in [9.17, 15) is 9.90 Å². The Kier molecular flexibility index (Phi) is 4.74. The molecule has 1 aromatic rings. The van der Waals surface area contributed by atoms with Gasteiger partial charge in [-0.15, -0.1) is 0 Å². The molecule has 0 radical (unpaired) electrons. The van der Waals surface area contributed by atoms with Gasteiger partial charge in [0.25, 0.3) is 0 Å².